The first-order valence-corrected chi connectivity index (χ1v) is 19.3. The molecule has 2 aromatic heterocycles. The van der Waals surface area contributed by atoms with Crippen LogP contribution in [0, 0.1) is 11.8 Å². The molecule has 9 nitrogen and oxygen atoms in total. The lowest BCUT2D eigenvalue weighted by atomic mass is 9.94. The normalized spacial score (nSPS) is 17.8. The van der Waals surface area contributed by atoms with E-state index >= 15 is 0 Å². The number of nitrogens with one attached hydrogen (secondary N) is 2. The second kappa shape index (κ2) is 16.0. The average molecular weight is 728 g/mol. The summed E-state index contributed by atoms with van der Waals surface area (Å²) in [5.41, 5.74) is 13.9. The van der Waals surface area contributed by atoms with Gasteiger partial charge < -0.3 is 25.5 Å². The molecule has 4 atom stereocenters. The van der Waals surface area contributed by atoms with Gasteiger partial charge in [-0.15, -0.1) is 0 Å². The number of aromatic amines is 2. The van der Waals surface area contributed by atoms with Gasteiger partial charge in [-0.05, 0) is 78.6 Å². The Morgan fingerprint density at radius 3 is 1.60 bits per heavy atom. The van der Waals surface area contributed by atoms with E-state index in [2.05, 4.69) is 45.8 Å². The van der Waals surface area contributed by atoms with Crippen molar-refractivity contribution in [2.24, 2.45) is 5.73 Å². The molecule has 276 valence electrons. The first-order valence-electron chi connectivity index (χ1n) is 19.3. The maximum Gasteiger partial charge on any atom is 0.244 e. The molecule has 2 saturated heterocycles. The van der Waals surface area contributed by atoms with Crippen molar-refractivity contribution < 1.29 is 9.59 Å². The van der Waals surface area contributed by atoms with Crippen molar-refractivity contribution in [2.75, 3.05) is 13.1 Å². The van der Waals surface area contributed by atoms with E-state index in [4.69, 9.17) is 10.7 Å². The van der Waals surface area contributed by atoms with Crippen LogP contribution in [0.4, 0.5) is 0 Å². The summed E-state index contributed by atoms with van der Waals surface area (Å²) in [4.78, 5) is 47.3. The molecule has 0 bridgehead atoms. The first kappa shape index (κ1) is 35.8. The molecule has 2 aliphatic heterocycles. The fraction of sp³-hybridized carbons (Fsp3) is 0.261. The Labute approximate surface area is 322 Å². The zero-order valence-corrected chi connectivity index (χ0v) is 31.0. The minimum Gasteiger partial charge on any atom is -0.340 e. The molecule has 55 heavy (non-hydrogen) atoms. The van der Waals surface area contributed by atoms with Crippen molar-refractivity contribution in [1.82, 2.24) is 29.7 Å². The zero-order valence-electron chi connectivity index (χ0n) is 31.0. The van der Waals surface area contributed by atoms with Gasteiger partial charge in [0, 0.05) is 24.2 Å². The SMILES string of the molecule is CC[C@@H](C(=O)N1CCC[C@H]1c1ncc(-c2ccc(C#Cc3ccc(-c4cnc([C@@H]5CCCN5C(=O)[C@H](N)c5ccccc5)[nH]4)cc3)cc2)[nH]1)c1ccccc1. The fourth-order valence-electron chi connectivity index (χ4n) is 7.97. The Balaban J connectivity index is 0.894. The highest BCUT2D eigenvalue weighted by molar-refractivity contribution is 5.84. The van der Waals surface area contributed by atoms with Crippen molar-refractivity contribution in [1.29, 1.82) is 0 Å². The van der Waals surface area contributed by atoms with Crippen LogP contribution in [-0.4, -0.2) is 54.6 Å². The lowest BCUT2D eigenvalue weighted by Gasteiger charge is -2.27. The number of benzene rings is 4. The largest absolute Gasteiger partial charge is 0.340 e. The molecule has 4 N–H and O–H groups in total. The van der Waals surface area contributed by atoms with Crippen LogP contribution in [0.15, 0.2) is 122 Å². The van der Waals surface area contributed by atoms with Crippen molar-refractivity contribution in [2.45, 2.75) is 63.1 Å². The maximum atomic E-state index is 13.7. The van der Waals surface area contributed by atoms with E-state index in [1.807, 2.05) is 119 Å². The van der Waals surface area contributed by atoms with Gasteiger partial charge in [0.2, 0.25) is 11.8 Å². The van der Waals surface area contributed by atoms with E-state index in [1.54, 1.807) is 0 Å². The first-order chi connectivity index (χ1) is 27.0. The van der Waals surface area contributed by atoms with Crippen molar-refractivity contribution in [3.8, 4) is 34.4 Å². The van der Waals surface area contributed by atoms with Crippen molar-refractivity contribution >= 4 is 11.8 Å². The lowest BCUT2D eigenvalue weighted by Crippen LogP contribution is -2.38. The van der Waals surface area contributed by atoms with Crippen molar-refractivity contribution in [3.05, 3.63) is 155 Å². The highest BCUT2D eigenvalue weighted by Crippen LogP contribution is 2.36. The molecule has 2 fully saturated rings. The number of amides is 2. The van der Waals surface area contributed by atoms with Gasteiger partial charge in [0.1, 0.15) is 17.7 Å². The Bertz CT molecular complexity index is 2300. The highest BCUT2D eigenvalue weighted by atomic mass is 16.2. The Hall–Kier alpha value is -6.24. The second-order valence-electron chi connectivity index (χ2n) is 14.4. The summed E-state index contributed by atoms with van der Waals surface area (Å²) in [7, 11) is 0. The topological polar surface area (TPSA) is 124 Å². The maximum absolute atomic E-state index is 13.7. The van der Waals surface area contributed by atoms with Crippen LogP contribution >= 0.6 is 0 Å². The van der Waals surface area contributed by atoms with Crippen LogP contribution in [0.2, 0.25) is 0 Å². The number of aromatic nitrogens is 4. The molecule has 4 heterocycles. The van der Waals surface area contributed by atoms with Gasteiger partial charge in [0.25, 0.3) is 0 Å². The molecule has 2 amide bonds. The van der Waals surface area contributed by atoms with E-state index in [9.17, 15) is 9.59 Å². The summed E-state index contributed by atoms with van der Waals surface area (Å²) in [5, 5.41) is 0. The third-order valence-electron chi connectivity index (χ3n) is 11.0. The zero-order chi connectivity index (χ0) is 37.7. The highest BCUT2D eigenvalue weighted by Gasteiger charge is 2.36. The smallest absolute Gasteiger partial charge is 0.244 e. The van der Waals surface area contributed by atoms with Gasteiger partial charge in [0.15, 0.2) is 0 Å². The number of hydrogen-bond acceptors (Lipinski definition) is 5. The molecule has 0 aliphatic carbocycles. The van der Waals surface area contributed by atoms with Crippen LogP contribution in [0.25, 0.3) is 22.5 Å². The van der Waals surface area contributed by atoms with Gasteiger partial charge in [-0.1, -0.05) is 104 Å². The molecule has 0 spiro atoms. The van der Waals surface area contributed by atoms with Gasteiger partial charge in [-0.25, -0.2) is 9.97 Å². The van der Waals surface area contributed by atoms with Crippen LogP contribution in [0.3, 0.4) is 0 Å². The van der Waals surface area contributed by atoms with Crippen LogP contribution in [0.1, 0.15) is 97.0 Å². The van der Waals surface area contributed by atoms with Crippen molar-refractivity contribution in [3.63, 3.8) is 0 Å². The van der Waals surface area contributed by atoms with Crippen LogP contribution < -0.4 is 5.73 Å². The number of likely N-dealkylation sites (tertiary alicyclic amines) is 2. The van der Waals surface area contributed by atoms with E-state index in [0.717, 1.165) is 95.1 Å². The number of nitrogens with zero attached hydrogens (tertiary/aromatic N) is 4. The Morgan fingerprint density at radius 2 is 1.13 bits per heavy atom. The summed E-state index contributed by atoms with van der Waals surface area (Å²) < 4.78 is 0. The number of imidazole rings is 2. The number of nitrogens with two attached hydrogens (primary N) is 1. The molecule has 9 heteroatoms. The summed E-state index contributed by atoms with van der Waals surface area (Å²) in [6.07, 6.45) is 8.07. The van der Waals surface area contributed by atoms with Gasteiger partial charge >= 0.3 is 0 Å². The third-order valence-corrected chi connectivity index (χ3v) is 11.0. The summed E-state index contributed by atoms with van der Waals surface area (Å²) in [6.45, 7) is 3.49. The van der Waals surface area contributed by atoms with Crippen LogP contribution in [-0.2, 0) is 9.59 Å². The number of hydrogen-bond donors (Lipinski definition) is 3. The number of carbonyl (C=O) groups is 2. The Kier molecular flexibility index (Phi) is 10.4. The lowest BCUT2D eigenvalue weighted by molar-refractivity contribution is -0.134. The predicted molar refractivity (Wildman–Crippen MR) is 214 cm³/mol. The molecule has 0 radical (unpaired) electrons. The number of H-pyrrole nitrogens is 2. The molecule has 8 rings (SSSR count). The molecule has 4 aromatic carbocycles. The monoisotopic (exact) mass is 727 g/mol. The summed E-state index contributed by atoms with van der Waals surface area (Å²) >= 11 is 0. The molecular formula is C46H45N7O2. The van der Waals surface area contributed by atoms with Crippen LogP contribution in [0.5, 0.6) is 0 Å². The quantitative estimate of drug-likeness (QED) is 0.130. The predicted octanol–water partition coefficient (Wildman–Crippen LogP) is 8.09. The molecular weight excluding hydrogens is 683 g/mol. The molecule has 0 unspecified atom stereocenters. The number of carbonyl (C=O) groups excluding carboxylic acids is 2. The summed E-state index contributed by atoms with van der Waals surface area (Å²) in [5.74, 6) is 8.13. The molecule has 0 saturated carbocycles. The standard InChI is InChI=1S/C46H45N7O2/c1-2-37(33-11-5-3-6-12-33)45(54)52-27-9-15-40(52)43-48-29-38(50-43)34-23-19-31(20-24-34)17-18-32-21-25-35(26-22-32)39-30-49-44(51-39)41-16-10-28-53(41)46(55)42(47)36-13-7-4-8-14-36/h3-8,11-14,19-26,29-30,37,40-42H,2,9-10,15-16,27-28,47H2,1H3,(H,48,50)(H,49,51)/t37-,40+,41+,42-/m1/s1. The van der Waals surface area contributed by atoms with Gasteiger partial charge in [0.05, 0.1) is 41.8 Å². The average Bonchev–Trinajstić information content (AvgIpc) is 4.08. The van der Waals surface area contributed by atoms with E-state index in [0.29, 0.717) is 6.54 Å². The molecule has 2 aliphatic rings. The summed E-state index contributed by atoms with van der Waals surface area (Å²) in [6, 6.07) is 34.9. The number of rotatable bonds is 9. The minimum absolute atomic E-state index is 0.0520. The fourth-order valence-corrected chi connectivity index (χ4v) is 7.97. The third kappa shape index (κ3) is 7.59. The van der Waals surface area contributed by atoms with E-state index in [-0.39, 0.29) is 29.8 Å². The van der Waals surface area contributed by atoms with E-state index < -0.39 is 6.04 Å². The van der Waals surface area contributed by atoms with E-state index in [1.165, 1.54) is 0 Å². The minimum atomic E-state index is -0.695. The van der Waals surface area contributed by atoms with Gasteiger partial charge in [-0.2, -0.15) is 0 Å². The second-order valence-corrected chi connectivity index (χ2v) is 14.4. The Morgan fingerprint density at radius 1 is 0.673 bits per heavy atom. The van der Waals surface area contributed by atoms with Gasteiger partial charge in [-0.3, -0.25) is 9.59 Å². The molecule has 6 aromatic rings.